The summed E-state index contributed by atoms with van der Waals surface area (Å²) in [5.74, 6) is -0.931. The lowest BCUT2D eigenvalue weighted by Crippen LogP contribution is -2.06. The molecule has 3 nitrogen and oxygen atoms in total. The summed E-state index contributed by atoms with van der Waals surface area (Å²) < 4.78 is 0.761. The fourth-order valence-corrected chi connectivity index (χ4v) is 1.50. The van der Waals surface area contributed by atoms with Gasteiger partial charge < -0.3 is 10.4 Å². The molecule has 2 N–H and O–H groups in total. The van der Waals surface area contributed by atoms with Crippen LogP contribution in [0.15, 0.2) is 34.8 Å². The molecule has 0 fully saturated rings. The monoisotopic (exact) mass is 269 g/mol. The number of allylic oxidation sites excluding steroid dienone is 1. The minimum atomic E-state index is -0.931. The van der Waals surface area contributed by atoms with Crippen LogP contribution in [0.3, 0.4) is 0 Å². The maximum absolute atomic E-state index is 10.9. The maximum atomic E-state index is 10.9. The van der Waals surface area contributed by atoms with E-state index in [1.807, 2.05) is 25.1 Å². The number of hydrogen-bond acceptors (Lipinski definition) is 2. The Morgan fingerprint density at radius 2 is 2.33 bits per heavy atom. The van der Waals surface area contributed by atoms with E-state index in [0.29, 0.717) is 12.2 Å². The minimum absolute atomic E-state index is 0.272. The van der Waals surface area contributed by atoms with Gasteiger partial charge in [-0.25, -0.2) is 4.79 Å². The van der Waals surface area contributed by atoms with Gasteiger partial charge in [-0.05, 0) is 25.1 Å². The van der Waals surface area contributed by atoms with Crippen molar-refractivity contribution in [3.05, 3.63) is 40.4 Å². The molecule has 0 saturated heterocycles. The molecule has 15 heavy (non-hydrogen) atoms. The van der Waals surface area contributed by atoms with Gasteiger partial charge in [0.2, 0.25) is 0 Å². The Hall–Kier alpha value is -1.29. The first-order chi connectivity index (χ1) is 7.15. The molecule has 0 amide bonds. The second-order valence-electron chi connectivity index (χ2n) is 2.94. The molecule has 0 atom stereocenters. The highest BCUT2D eigenvalue weighted by atomic mass is 79.9. The van der Waals surface area contributed by atoms with Crippen LogP contribution in [0, 0.1) is 0 Å². The molecule has 0 aromatic heterocycles. The van der Waals surface area contributed by atoms with Gasteiger partial charge in [-0.15, -0.1) is 0 Å². The number of aromatic carboxylic acids is 1. The smallest absolute Gasteiger partial charge is 0.337 e. The van der Waals surface area contributed by atoms with Gasteiger partial charge in [0, 0.05) is 16.7 Å². The van der Waals surface area contributed by atoms with Crippen molar-refractivity contribution in [3.63, 3.8) is 0 Å². The zero-order valence-corrected chi connectivity index (χ0v) is 9.91. The summed E-state index contributed by atoms with van der Waals surface area (Å²) in [5, 5.41) is 12.0. The van der Waals surface area contributed by atoms with E-state index in [9.17, 15) is 4.79 Å². The number of rotatable bonds is 4. The fraction of sp³-hybridized carbons (Fsp3) is 0.182. The molecule has 1 aromatic rings. The second kappa shape index (κ2) is 5.56. The number of carboxylic acids is 1. The van der Waals surface area contributed by atoms with Gasteiger partial charge in [-0.3, -0.25) is 0 Å². The third kappa shape index (κ3) is 3.40. The lowest BCUT2D eigenvalue weighted by atomic mass is 10.2. The van der Waals surface area contributed by atoms with Crippen molar-refractivity contribution in [2.24, 2.45) is 0 Å². The summed E-state index contributed by atoms with van der Waals surface area (Å²) in [5.41, 5.74) is 0.901. The van der Waals surface area contributed by atoms with E-state index in [2.05, 4.69) is 21.2 Å². The van der Waals surface area contributed by atoms with E-state index in [1.165, 1.54) is 0 Å². The summed E-state index contributed by atoms with van der Waals surface area (Å²) in [6.07, 6.45) is 3.83. The number of anilines is 1. The fourth-order valence-electron chi connectivity index (χ4n) is 1.13. The third-order valence-corrected chi connectivity index (χ3v) is 2.35. The van der Waals surface area contributed by atoms with Crippen LogP contribution < -0.4 is 5.32 Å². The Bertz CT molecular complexity index is 388. The van der Waals surface area contributed by atoms with Crippen LogP contribution in [-0.4, -0.2) is 17.6 Å². The molecule has 0 saturated carbocycles. The zero-order chi connectivity index (χ0) is 11.3. The quantitative estimate of drug-likeness (QED) is 0.826. The van der Waals surface area contributed by atoms with Crippen LogP contribution in [0.5, 0.6) is 0 Å². The Kier molecular flexibility index (Phi) is 4.37. The first-order valence-electron chi connectivity index (χ1n) is 4.53. The number of carbonyl (C=O) groups is 1. The standard InChI is InChI=1S/C11H12BrNO2/c1-2-3-6-13-10-5-4-8(12)7-9(10)11(14)15/h2-5,7,13H,6H2,1H3,(H,14,15)/b3-2+. The van der Waals surface area contributed by atoms with Gasteiger partial charge in [-0.1, -0.05) is 28.1 Å². The molecule has 0 aliphatic rings. The van der Waals surface area contributed by atoms with E-state index in [-0.39, 0.29) is 5.56 Å². The largest absolute Gasteiger partial charge is 0.478 e. The topological polar surface area (TPSA) is 49.3 Å². The van der Waals surface area contributed by atoms with Crippen molar-refractivity contribution >= 4 is 27.6 Å². The molecule has 0 radical (unpaired) electrons. The predicted octanol–water partition coefficient (Wildman–Crippen LogP) is 3.14. The van der Waals surface area contributed by atoms with Crippen LogP contribution in [0.25, 0.3) is 0 Å². The van der Waals surface area contributed by atoms with E-state index < -0.39 is 5.97 Å². The molecule has 0 spiro atoms. The maximum Gasteiger partial charge on any atom is 0.337 e. The van der Waals surface area contributed by atoms with Crippen LogP contribution in [-0.2, 0) is 0 Å². The van der Waals surface area contributed by atoms with Crippen molar-refractivity contribution < 1.29 is 9.90 Å². The summed E-state index contributed by atoms with van der Waals surface area (Å²) >= 11 is 3.24. The Morgan fingerprint density at radius 1 is 1.60 bits per heavy atom. The van der Waals surface area contributed by atoms with Crippen molar-refractivity contribution in [1.29, 1.82) is 0 Å². The zero-order valence-electron chi connectivity index (χ0n) is 8.33. The number of benzene rings is 1. The van der Waals surface area contributed by atoms with Crippen molar-refractivity contribution in [1.82, 2.24) is 0 Å². The highest BCUT2D eigenvalue weighted by Crippen LogP contribution is 2.20. The van der Waals surface area contributed by atoms with Crippen molar-refractivity contribution in [2.45, 2.75) is 6.92 Å². The molecule has 1 rings (SSSR count). The van der Waals surface area contributed by atoms with Gasteiger partial charge >= 0.3 is 5.97 Å². The SMILES string of the molecule is C/C=C/CNc1ccc(Br)cc1C(=O)O. The van der Waals surface area contributed by atoms with E-state index in [0.717, 1.165) is 4.47 Å². The Labute approximate surface area is 96.9 Å². The summed E-state index contributed by atoms with van der Waals surface area (Å²) in [4.78, 5) is 10.9. The van der Waals surface area contributed by atoms with Crippen molar-refractivity contribution in [3.8, 4) is 0 Å². The summed E-state index contributed by atoms with van der Waals surface area (Å²) in [6.45, 7) is 2.54. The van der Waals surface area contributed by atoms with Gasteiger partial charge in [-0.2, -0.15) is 0 Å². The van der Waals surface area contributed by atoms with Crippen LogP contribution in [0.1, 0.15) is 17.3 Å². The first kappa shape index (κ1) is 11.8. The molecule has 0 unspecified atom stereocenters. The molecule has 0 aliphatic heterocycles. The normalized spacial score (nSPS) is 10.5. The average Bonchev–Trinajstić information content (AvgIpc) is 2.20. The molecular formula is C11H12BrNO2. The molecular weight excluding hydrogens is 258 g/mol. The molecule has 80 valence electrons. The first-order valence-corrected chi connectivity index (χ1v) is 5.32. The van der Waals surface area contributed by atoms with Gasteiger partial charge in [0.05, 0.1) is 5.56 Å². The molecule has 1 aromatic carbocycles. The Morgan fingerprint density at radius 3 is 2.93 bits per heavy atom. The number of hydrogen-bond donors (Lipinski definition) is 2. The molecule has 0 bridgehead atoms. The molecule has 4 heteroatoms. The van der Waals surface area contributed by atoms with E-state index >= 15 is 0 Å². The summed E-state index contributed by atoms with van der Waals surface area (Å²) in [6, 6.07) is 5.14. The lowest BCUT2D eigenvalue weighted by molar-refractivity contribution is 0.0698. The van der Waals surface area contributed by atoms with Crippen LogP contribution in [0.4, 0.5) is 5.69 Å². The van der Waals surface area contributed by atoms with E-state index in [1.54, 1.807) is 12.1 Å². The number of halogens is 1. The van der Waals surface area contributed by atoms with Crippen LogP contribution in [0.2, 0.25) is 0 Å². The third-order valence-electron chi connectivity index (χ3n) is 1.86. The van der Waals surface area contributed by atoms with Crippen molar-refractivity contribution in [2.75, 3.05) is 11.9 Å². The van der Waals surface area contributed by atoms with Gasteiger partial charge in [0.25, 0.3) is 0 Å². The average molecular weight is 270 g/mol. The molecule has 0 aliphatic carbocycles. The van der Waals surface area contributed by atoms with E-state index in [4.69, 9.17) is 5.11 Å². The second-order valence-corrected chi connectivity index (χ2v) is 3.86. The number of nitrogens with one attached hydrogen (secondary N) is 1. The highest BCUT2D eigenvalue weighted by Gasteiger charge is 2.09. The van der Waals surface area contributed by atoms with Gasteiger partial charge in [0.1, 0.15) is 0 Å². The predicted molar refractivity (Wildman–Crippen MR) is 64.4 cm³/mol. The van der Waals surface area contributed by atoms with Gasteiger partial charge in [0.15, 0.2) is 0 Å². The molecule has 0 heterocycles. The highest BCUT2D eigenvalue weighted by molar-refractivity contribution is 9.10. The number of carboxylic acid groups (broad SMARTS) is 1. The Balaban J connectivity index is 2.90. The minimum Gasteiger partial charge on any atom is -0.478 e. The lowest BCUT2D eigenvalue weighted by Gasteiger charge is -2.07. The summed E-state index contributed by atoms with van der Waals surface area (Å²) in [7, 11) is 0. The van der Waals surface area contributed by atoms with Crippen LogP contribution >= 0.6 is 15.9 Å².